The monoisotopic (exact) mass is 269 g/mol. The van der Waals surface area contributed by atoms with E-state index in [2.05, 4.69) is 5.32 Å². The SMILES string of the molecule is CCC(NC(=O)c1cc(N)cc(N)c1)c1ccccc1. The number of nitrogens with two attached hydrogens (primary N) is 2. The summed E-state index contributed by atoms with van der Waals surface area (Å²) in [5.74, 6) is -0.167. The average molecular weight is 269 g/mol. The van der Waals surface area contributed by atoms with Crippen molar-refractivity contribution >= 4 is 17.3 Å². The third kappa shape index (κ3) is 3.29. The smallest absolute Gasteiger partial charge is 0.251 e. The second-order valence-electron chi connectivity index (χ2n) is 4.73. The molecular weight excluding hydrogens is 250 g/mol. The minimum Gasteiger partial charge on any atom is -0.399 e. The van der Waals surface area contributed by atoms with E-state index in [4.69, 9.17) is 11.5 Å². The standard InChI is InChI=1S/C16H19N3O/c1-2-15(11-6-4-3-5-7-11)19-16(20)12-8-13(17)10-14(18)9-12/h3-10,15H,2,17-18H2,1H3,(H,19,20). The molecule has 1 unspecified atom stereocenters. The molecule has 1 amide bonds. The van der Waals surface area contributed by atoms with Crippen molar-refractivity contribution in [3.05, 3.63) is 59.7 Å². The fraction of sp³-hybridized carbons (Fsp3) is 0.188. The highest BCUT2D eigenvalue weighted by Crippen LogP contribution is 2.18. The quantitative estimate of drug-likeness (QED) is 0.746. The van der Waals surface area contributed by atoms with Crippen LogP contribution in [-0.4, -0.2) is 5.91 Å². The van der Waals surface area contributed by atoms with Crippen molar-refractivity contribution in [2.75, 3.05) is 11.5 Å². The van der Waals surface area contributed by atoms with Crippen LogP contribution in [0.4, 0.5) is 11.4 Å². The summed E-state index contributed by atoms with van der Waals surface area (Å²) in [5, 5.41) is 3.00. The van der Waals surface area contributed by atoms with Crippen LogP contribution in [0.15, 0.2) is 48.5 Å². The fourth-order valence-corrected chi connectivity index (χ4v) is 2.16. The van der Waals surface area contributed by atoms with E-state index in [1.54, 1.807) is 18.2 Å². The van der Waals surface area contributed by atoms with Gasteiger partial charge in [0.2, 0.25) is 0 Å². The average Bonchev–Trinajstić information content (AvgIpc) is 2.44. The van der Waals surface area contributed by atoms with Gasteiger partial charge in [-0.25, -0.2) is 0 Å². The summed E-state index contributed by atoms with van der Waals surface area (Å²) in [7, 11) is 0. The Morgan fingerprint density at radius 2 is 1.70 bits per heavy atom. The van der Waals surface area contributed by atoms with Crippen molar-refractivity contribution in [3.8, 4) is 0 Å². The minimum absolute atomic E-state index is 0.0219. The highest BCUT2D eigenvalue weighted by molar-refractivity contribution is 5.96. The largest absolute Gasteiger partial charge is 0.399 e. The molecule has 0 saturated heterocycles. The van der Waals surface area contributed by atoms with Crippen LogP contribution in [0.2, 0.25) is 0 Å². The van der Waals surface area contributed by atoms with Gasteiger partial charge in [0, 0.05) is 16.9 Å². The van der Waals surface area contributed by atoms with Gasteiger partial charge in [-0.3, -0.25) is 4.79 Å². The van der Waals surface area contributed by atoms with Gasteiger partial charge in [-0.05, 0) is 30.2 Å². The molecule has 2 rings (SSSR count). The van der Waals surface area contributed by atoms with E-state index >= 15 is 0 Å². The van der Waals surface area contributed by atoms with E-state index in [0.29, 0.717) is 16.9 Å². The summed E-state index contributed by atoms with van der Waals surface area (Å²) in [4.78, 5) is 12.3. The summed E-state index contributed by atoms with van der Waals surface area (Å²) < 4.78 is 0. The third-order valence-corrected chi connectivity index (χ3v) is 3.16. The van der Waals surface area contributed by atoms with Crippen molar-refractivity contribution in [1.82, 2.24) is 5.32 Å². The molecule has 2 aromatic rings. The van der Waals surface area contributed by atoms with Crippen molar-refractivity contribution < 1.29 is 4.79 Å². The van der Waals surface area contributed by atoms with Gasteiger partial charge in [0.15, 0.2) is 0 Å². The molecule has 20 heavy (non-hydrogen) atoms. The Bertz CT molecular complexity index is 576. The number of hydrogen-bond donors (Lipinski definition) is 3. The number of nitrogens with one attached hydrogen (secondary N) is 1. The highest BCUT2D eigenvalue weighted by atomic mass is 16.1. The Morgan fingerprint density at radius 1 is 1.10 bits per heavy atom. The first-order valence-corrected chi connectivity index (χ1v) is 6.62. The first kappa shape index (κ1) is 13.9. The van der Waals surface area contributed by atoms with Crippen LogP contribution in [0.25, 0.3) is 0 Å². The molecule has 5 N–H and O–H groups in total. The molecular formula is C16H19N3O. The second-order valence-corrected chi connectivity index (χ2v) is 4.73. The Balaban J connectivity index is 2.17. The first-order chi connectivity index (χ1) is 9.60. The number of rotatable bonds is 4. The Hall–Kier alpha value is -2.49. The molecule has 0 bridgehead atoms. The predicted octanol–water partition coefficient (Wildman–Crippen LogP) is 2.73. The number of anilines is 2. The van der Waals surface area contributed by atoms with Crippen molar-refractivity contribution in [1.29, 1.82) is 0 Å². The lowest BCUT2D eigenvalue weighted by atomic mass is 10.0. The van der Waals surface area contributed by atoms with Crippen LogP contribution in [0.1, 0.15) is 35.3 Å². The zero-order valence-corrected chi connectivity index (χ0v) is 11.5. The van der Waals surface area contributed by atoms with E-state index in [-0.39, 0.29) is 11.9 Å². The van der Waals surface area contributed by atoms with Gasteiger partial charge in [-0.15, -0.1) is 0 Å². The molecule has 1 atom stereocenters. The maximum absolute atomic E-state index is 12.3. The Kier molecular flexibility index (Phi) is 4.25. The van der Waals surface area contributed by atoms with Gasteiger partial charge in [-0.2, -0.15) is 0 Å². The molecule has 0 fully saturated rings. The zero-order chi connectivity index (χ0) is 14.5. The van der Waals surface area contributed by atoms with E-state index in [0.717, 1.165) is 12.0 Å². The molecule has 4 nitrogen and oxygen atoms in total. The number of amides is 1. The fourth-order valence-electron chi connectivity index (χ4n) is 2.16. The number of benzene rings is 2. The summed E-state index contributed by atoms with van der Waals surface area (Å²) in [6, 6.07) is 14.7. The van der Waals surface area contributed by atoms with E-state index in [1.165, 1.54) is 0 Å². The van der Waals surface area contributed by atoms with Crippen molar-refractivity contribution in [2.45, 2.75) is 19.4 Å². The Morgan fingerprint density at radius 3 is 2.25 bits per heavy atom. The Labute approximate surface area is 118 Å². The minimum atomic E-state index is -0.167. The molecule has 0 saturated carbocycles. The summed E-state index contributed by atoms with van der Waals surface area (Å²) >= 11 is 0. The molecule has 104 valence electrons. The van der Waals surface area contributed by atoms with E-state index < -0.39 is 0 Å². The lowest BCUT2D eigenvalue weighted by Crippen LogP contribution is -2.28. The maximum atomic E-state index is 12.3. The summed E-state index contributed by atoms with van der Waals surface area (Å²) in [6.45, 7) is 2.03. The lowest BCUT2D eigenvalue weighted by molar-refractivity contribution is 0.0935. The molecule has 4 heteroatoms. The van der Waals surface area contributed by atoms with Crippen molar-refractivity contribution in [2.24, 2.45) is 0 Å². The van der Waals surface area contributed by atoms with Gasteiger partial charge in [-0.1, -0.05) is 37.3 Å². The number of carbonyl (C=O) groups excluding carboxylic acids is 1. The number of carbonyl (C=O) groups is 1. The normalized spacial score (nSPS) is 11.8. The summed E-state index contributed by atoms with van der Waals surface area (Å²) in [6.07, 6.45) is 0.813. The van der Waals surface area contributed by atoms with Gasteiger partial charge in [0.25, 0.3) is 5.91 Å². The van der Waals surface area contributed by atoms with Crippen LogP contribution in [-0.2, 0) is 0 Å². The molecule has 0 aliphatic heterocycles. The van der Waals surface area contributed by atoms with Gasteiger partial charge >= 0.3 is 0 Å². The molecule has 0 spiro atoms. The van der Waals surface area contributed by atoms with Crippen LogP contribution >= 0.6 is 0 Å². The van der Waals surface area contributed by atoms with E-state index in [1.807, 2.05) is 37.3 Å². The maximum Gasteiger partial charge on any atom is 0.251 e. The van der Waals surface area contributed by atoms with Crippen LogP contribution in [0, 0.1) is 0 Å². The highest BCUT2D eigenvalue weighted by Gasteiger charge is 2.14. The number of nitrogen functional groups attached to an aromatic ring is 2. The van der Waals surface area contributed by atoms with Gasteiger partial charge < -0.3 is 16.8 Å². The van der Waals surface area contributed by atoms with Gasteiger partial charge in [0.1, 0.15) is 0 Å². The van der Waals surface area contributed by atoms with Crippen LogP contribution in [0.3, 0.4) is 0 Å². The molecule has 0 aliphatic carbocycles. The third-order valence-electron chi connectivity index (χ3n) is 3.16. The second kappa shape index (κ2) is 6.10. The number of hydrogen-bond acceptors (Lipinski definition) is 3. The molecule has 0 aromatic heterocycles. The molecule has 0 radical (unpaired) electrons. The predicted molar refractivity (Wildman–Crippen MR) is 82.2 cm³/mol. The van der Waals surface area contributed by atoms with Crippen LogP contribution < -0.4 is 16.8 Å². The molecule has 2 aromatic carbocycles. The zero-order valence-electron chi connectivity index (χ0n) is 11.5. The van der Waals surface area contributed by atoms with Gasteiger partial charge in [0.05, 0.1) is 6.04 Å². The first-order valence-electron chi connectivity index (χ1n) is 6.62. The van der Waals surface area contributed by atoms with E-state index in [9.17, 15) is 4.79 Å². The topological polar surface area (TPSA) is 81.1 Å². The lowest BCUT2D eigenvalue weighted by Gasteiger charge is -2.17. The van der Waals surface area contributed by atoms with Crippen LogP contribution in [0.5, 0.6) is 0 Å². The molecule has 0 aliphatic rings. The summed E-state index contributed by atoms with van der Waals surface area (Å²) in [5.41, 5.74) is 14.0. The van der Waals surface area contributed by atoms with Crippen molar-refractivity contribution in [3.63, 3.8) is 0 Å². The molecule has 0 heterocycles.